The van der Waals surface area contributed by atoms with Gasteiger partial charge in [0.2, 0.25) is 0 Å². The van der Waals surface area contributed by atoms with Crippen LogP contribution in [0.15, 0.2) is 0 Å². The van der Waals surface area contributed by atoms with Crippen molar-refractivity contribution in [1.82, 2.24) is 5.32 Å². The van der Waals surface area contributed by atoms with Gasteiger partial charge in [-0.2, -0.15) is 0 Å². The van der Waals surface area contributed by atoms with Gasteiger partial charge in [-0.25, -0.2) is 4.39 Å². The third-order valence-electron chi connectivity index (χ3n) is 2.40. The molecule has 13 heavy (non-hydrogen) atoms. The number of terminal acetylenes is 1. The number of halogens is 1. The van der Waals surface area contributed by atoms with Crippen LogP contribution in [0.2, 0.25) is 0 Å². The maximum Gasteiger partial charge on any atom is 0.258 e. The summed E-state index contributed by atoms with van der Waals surface area (Å²) in [6.07, 6.45) is 8.24. The molecule has 0 bridgehead atoms. The van der Waals surface area contributed by atoms with Gasteiger partial charge in [-0.15, -0.1) is 6.42 Å². The third-order valence-corrected chi connectivity index (χ3v) is 2.40. The van der Waals surface area contributed by atoms with Crippen LogP contribution >= 0.6 is 0 Å². The maximum atomic E-state index is 13.8. The predicted octanol–water partition coefficient (Wildman–Crippen LogP) is 1.41. The summed E-state index contributed by atoms with van der Waals surface area (Å²) in [5.74, 6) is 1.72. The zero-order valence-electron chi connectivity index (χ0n) is 7.61. The van der Waals surface area contributed by atoms with Gasteiger partial charge in [0, 0.05) is 0 Å². The number of hydrogen-bond donors (Lipinski definition) is 1. The zero-order valence-corrected chi connectivity index (χ0v) is 7.61. The second-order valence-electron chi connectivity index (χ2n) is 3.41. The monoisotopic (exact) mass is 183 g/mol. The molecule has 0 saturated heterocycles. The van der Waals surface area contributed by atoms with Crippen molar-refractivity contribution in [3.8, 4) is 12.3 Å². The van der Waals surface area contributed by atoms with Crippen LogP contribution in [0.5, 0.6) is 0 Å². The fourth-order valence-corrected chi connectivity index (χ4v) is 1.63. The number of amides is 1. The van der Waals surface area contributed by atoms with E-state index in [2.05, 4.69) is 11.2 Å². The highest BCUT2D eigenvalue weighted by Gasteiger charge is 2.39. The summed E-state index contributed by atoms with van der Waals surface area (Å²) in [5.41, 5.74) is -1.66. The standard InChI is InChI=1S/C10H14FNO/c1-2-8-12-9(13)10(11)6-4-3-5-7-10/h1H,3-8H2,(H,12,13). The van der Waals surface area contributed by atoms with Crippen molar-refractivity contribution in [3.05, 3.63) is 0 Å². The Labute approximate surface area is 77.9 Å². The van der Waals surface area contributed by atoms with Crippen LogP contribution in [-0.4, -0.2) is 18.1 Å². The van der Waals surface area contributed by atoms with Crippen LogP contribution in [-0.2, 0) is 4.79 Å². The first-order valence-electron chi connectivity index (χ1n) is 4.60. The van der Waals surface area contributed by atoms with Crippen molar-refractivity contribution in [2.45, 2.75) is 37.8 Å². The Balaban J connectivity index is 2.47. The van der Waals surface area contributed by atoms with Crippen LogP contribution < -0.4 is 5.32 Å². The number of nitrogens with one attached hydrogen (secondary N) is 1. The molecule has 0 aromatic rings. The second kappa shape index (κ2) is 4.27. The van der Waals surface area contributed by atoms with Crippen molar-refractivity contribution in [1.29, 1.82) is 0 Å². The molecule has 0 spiro atoms. The van der Waals surface area contributed by atoms with E-state index in [-0.39, 0.29) is 6.54 Å². The molecule has 1 aliphatic carbocycles. The lowest BCUT2D eigenvalue weighted by molar-refractivity contribution is -0.134. The summed E-state index contributed by atoms with van der Waals surface area (Å²) in [6.45, 7) is 0.116. The Kier molecular flexibility index (Phi) is 3.30. The van der Waals surface area contributed by atoms with Crippen LogP contribution in [0.1, 0.15) is 32.1 Å². The lowest BCUT2D eigenvalue weighted by Gasteiger charge is -2.27. The number of rotatable bonds is 2. The first-order chi connectivity index (χ1) is 6.19. The Morgan fingerprint density at radius 2 is 2.08 bits per heavy atom. The summed E-state index contributed by atoms with van der Waals surface area (Å²) >= 11 is 0. The molecule has 0 atom stereocenters. The lowest BCUT2D eigenvalue weighted by atomic mass is 9.86. The fourth-order valence-electron chi connectivity index (χ4n) is 1.63. The summed E-state index contributed by atoms with van der Waals surface area (Å²) in [6, 6.07) is 0. The summed E-state index contributed by atoms with van der Waals surface area (Å²) < 4.78 is 13.8. The predicted molar refractivity (Wildman–Crippen MR) is 48.8 cm³/mol. The van der Waals surface area contributed by atoms with E-state index >= 15 is 0 Å². The molecule has 1 fully saturated rings. The molecule has 1 aliphatic rings. The molecule has 1 rings (SSSR count). The molecule has 0 aromatic carbocycles. The van der Waals surface area contributed by atoms with E-state index in [0.717, 1.165) is 19.3 Å². The molecular weight excluding hydrogens is 169 g/mol. The Bertz CT molecular complexity index is 226. The molecule has 1 saturated carbocycles. The molecule has 3 heteroatoms. The Hall–Kier alpha value is -1.04. The zero-order chi connectivity index (χ0) is 9.73. The number of carbonyl (C=O) groups is 1. The van der Waals surface area contributed by atoms with E-state index in [1.54, 1.807) is 0 Å². The molecule has 2 nitrogen and oxygen atoms in total. The highest BCUT2D eigenvalue weighted by molar-refractivity contribution is 5.85. The van der Waals surface area contributed by atoms with E-state index in [1.807, 2.05) is 0 Å². The van der Waals surface area contributed by atoms with Crippen molar-refractivity contribution in [2.75, 3.05) is 6.54 Å². The quantitative estimate of drug-likeness (QED) is 0.644. The summed E-state index contributed by atoms with van der Waals surface area (Å²) in [7, 11) is 0. The normalized spacial score (nSPS) is 20.3. The molecule has 0 aliphatic heterocycles. The van der Waals surface area contributed by atoms with Gasteiger partial charge in [-0.1, -0.05) is 12.3 Å². The van der Waals surface area contributed by atoms with Gasteiger partial charge in [0.05, 0.1) is 6.54 Å². The van der Waals surface area contributed by atoms with E-state index in [1.165, 1.54) is 0 Å². The fraction of sp³-hybridized carbons (Fsp3) is 0.700. The van der Waals surface area contributed by atoms with Gasteiger partial charge in [0.1, 0.15) is 0 Å². The van der Waals surface area contributed by atoms with Crippen molar-refractivity contribution < 1.29 is 9.18 Å². The molecule has 0 unspecified atom stereocenters. The van der Waals surface area contributed by atoms with Crippen molar-refractivity contribution in [2.24, 2.45) is 0 Å². The van der Waals surface area contributed by atoms with E-state index in [4.69, 9.17) is 6.42 Å². The lowest BCUT2D eigenvalue weighted by Crippen LogP contribution is -2.44. The molecule has 1 amide bonds. The highest BCUT2D eigenvalue weighted by Crippen LogP contribution is 2.31. The van der Waals surface area contributed by atoms with Gasteiger partial charge in [0.15, 0.2) is 5.67 Å². The van der Waals surface area contributed by atoms with Gasteiger partial charge in [0.25, 0.3) is 5.91 Å². The minimum absolute atomic E-state index is 0.116. The van der Waals surface area contributed by atoms with Crippen LogP contribution in [0.4, 0.5) is 4.39 Å². The number of hydrogen-bond acceptors (Lipinski definition) is 1. The SMILES string of the molecule is C#CCNC(=O)C1(F)CCCCC1. The molecule has 0 aromatic heterocycles. The second-order valence-corrected chi connectivity index (χ2v) is 3.41. The largest absolute Gasteiger partial charge is 0.342 e. The Morgan fingerprint density at radius 1 is 1.46 bits per heavy atom. The van der Waals surface area contributed by atoms with Crippen LogP contribution in [0.3, 0.4) is 0 Å². The minimum Gasteiger partial charge on any atom is -0.342 e. The van der Waals surface area contributed by atoms with Crippen LogP contribution in [0.25, 0.3) is 0 Å². The molecular formula is C10H14FNO. The number of carbonyl (C=O) groups excluding carboxylic acids is 1. The maximum absolute atomic E-state index is 13.8. The van der Waals surface area contributed by atoms with Gasteiger partial charge in [-0.05, 0) is 25.7 Å². The van der Waals surface area contributed by atoms with E-state index < -0.39 is 11.6 Å². The first-order valence-corrected chi connectivity index (χ1v) is 4.60. The summed E-state index contributed by atoms with van der Waals surface area (Å²) in [4.78, 5) is 11.3. The van der Waals surface area contributed by atoms with Crippen molar-refractivity contribution >= 4 is 5.91 Å². The van der Waals surface area contributed by atoms with Gasteiger partial charge >= 0.3 is 0 Å². The first kappa shape index (κ1) is 10.0. The van der Waals surface area contributed by atoms with Gasteiger partial charge in [-0.3, -0.25) is 4.79 Å². The molecule has 1 N–H and O–H groups in total. The smallest absolute Gasteiger partial charge is 0.258 e. The minimum atomic E-state index is -1.66. The highest BCUT2D eigenvalue weighted by atomic mass is 19.1. The van der Waals surface area contributed by atoms with Gasteiger partial charge < -0.3 is 5.32 Å². The van der Waals surface area contributed by atoms with Crippen molar-refractivity contribution in [3.63, 3.8) is 0 Å². The molecule has 0 heterocycles. The van der Waals surface area contributed by atoms with E-state index in [0.29, 0.717) is 12.8 Å². The average molecular weight is 183 g/mol. The number of alkyl halides is 1. The van der Waals surface area contributed by atoms with Crippen LogP contribution in [0, 0.1) is 12.3 Å². The van der Waals surface area contributed by atoms with E-state index in [9.17, 15) is 9.18 Å². The average Bonchev–Trinajstić information content (AvgIpc) is 2.15. The summed E-state index contributed by atoms with van der Waals surface area (Å²) in [5, 5.41) is 2.39. The topological polar surface area (TPSA) is 29.1 Å². The molecule has 72 valence electrons. The Morgan fingerprint density at radius 3 is 2.62 bits per heavy atom. The molecule has 0 radical (unpaired) electrons. The third kappa shape index (κ3) is 2.45.